The Kier molecular flexibility index (Phi) is 17.1. The van der Waals surface area contributed by atoms with Crippen molar-refractivity contribution in [3.05, 3.63) is 0 Å². The molecular weight excluding hydrogens is 314 g/mol. The van der Waals surface area contributed by atoms with Crippen molar-refractivity contribution in [2.45, 2.75) is 73.1 Å². The van der Waals surface area contributed by atoms with E-state index in [1.54, 1.807) is 25.4 Å². The van der Waals surface area contributed by atoms with E-state index in [0.717, 1.165) is 6.66 Å². The quantitative estimate of drug-likeness (QED) is 0.427. The van der Waals surface area contributed by atoms with Crippen LogP contribution in [0, 0.1) is 0 Å². The van der Waals surface area contributed by atoms with Crippen LogP contribution in [0.1, 0.15) is 73.1 Å². The van der Waals surface area contributed by atoms with Crippen molar-refractivity contribution in [1.29, 1.82) is 0 Å². The van der Waals surface area contributed by atoms with Crippen LogP contribution in [-0.4, -0.2) is 37.9 Å². The molecule has 0 rings (SSSR count). The predicted octanol–water partition coefficient (Wildman–Crippen LogP) is 5.63. The summed E-state index contributed by atoms with van der Waals surface area (Å²) >= 11 is 0. The van der Waals surface area contributed by atoms with Gasteiger partial charge in [0.2, 0.25) is 0 Å². The highest BCUT2D eigenvalue weighted by molar-refractivity contribution is 7.75. The summed E-state index contributed by atoms with van der Waals surface area (Å²) < 4.78 is 14.3. The van der Waals surface area contributed by atoms with Gasteiger partial charge in [-0.1, -0.05) is 40.0 Å². The first-order valence-electron chi connectivity index (χ1n) is 9.08. The van der Waals surface area contributed by atoms with Crippen molar-refractivity contribution in [2.75, 3.05) is 37.9 Å². The molecule has 1 atom stereocenters. The van der Waals surface area contributed by atoms with Crippen LogP contribution in [-0.2, 0) is 9.09 Å². The summed E-state index contributed by atoms with van der Waals surface area (Å²) in [5, 5.41) is 0. The SMILES string of the molecule is CCCC[P+](CC)(CCCC)CCCC.CCOP(C)(=O)[O-]. The van der Waals surface area contributed by atoms with Gasteiger partial charge in [-0.2, -0.15) is 0 Å². The minimum Gasteiger partial charge on any atom is -0.779 e. The molecule has 0 saturated carbocycles. The Balaban J connectivity index is 0. The molecule has 0 fully saturated rings. The highest BCUT2D eigenvalue weighted by atomic mass is 31.2. The largest absolute Gasteiger partial charge is 0.779 e. The first-order chi connectivity index (χ1) is 10.3. The Morgan fingerprint density at radius 1 is 0.864 bits per heavy atom. The van der Waals surface area contributed by atoms with E-state index in [1.165, 1.54) is 44.7 Å². The maximum absolute atomic E-state index is 10.0. The molecule has 0 radical (unpaired) electrons. The number of hydrogen-bond acceptors (Lipinski definition) is 3. The van der Waals surface area contributed by atoms with E-state index in [-0.39, 0.29) is 6.61 Å². The molecule has 0 N–H and O–H groups in total. The lowest BCUT2D eigenvalue weighted by atomic mass is 10.4. The minimum absolute atomic E-state index is 0.233. The molecule has 1 unspecified atom stereocenters. The van der Waals surface area contributed by atoms with E-state index in [2.05, 4.69) is 32.2 Å². The zero-order valence-electron chi connectivity index (χ0n) is 15.9. The van der Waals surface area contributed by atoms with Crippen LogP contribution in [0.15, 0.2) is 0 Å². The Morgan fingerprint density at radius 3 is 1.36 bits per heavy atom. The van der Waals surface area contributed by atoms with Gasteiger partial charge in [-0.15, -0.1) is 0 Å². The van der Waals surface area contributed by atoms with Crippen LogP contribution >= 0.6 is 14.9 Å². The first-order valence-corrected chi connectivity index (χ1v) is 13.6. The fraction of sp³-hybridized carbons (Fsp3) is 1.00. The Bertz CT molecular complexity index is 255. The van der Waals surface area contributed by atoms with Crippen LogP contribution < -0.4 is 4.89 Å². The average Bonchev–Trinajstić information content (AvgIpc) is 2.46. The lowest BCUT2D eigenvalue weighted by Crippen LogP contribution is -2.11. The molecule has 136 valence electrons. The molecule has 0 aliphatic rings. The van der Waals surface area contributed by atoms with E-state index in [0.29, 0.717) is 0 Å². The zero-order chi connectivity index (χ0) is 17.5. The third kappa shape index (κ3) is 15.5. The fourth-order valence-corrected chi connectivity index (χ4v) is 7.57. The Hall–Kier alpha value is 0.580. The van der Waals surface area contributed by atoms with Gasteiger partial charge in [-0.3, -0.25) is 0 Å². The summed E-state index contributed by atoms with van der Waals surface area (Å²) in [6.45, 7) is 12.4. The fourth-order valence-electron chi connectivity index (χ4n) is 2.52. The lowest BCUT2D eigenvalue weighted by molar-refractivity contribution is -0.196. The van der Waals surface area contributed by atoms with Gasteiger partial charge in [-0.25, -0.2) is 0 Å². The molecule has 0 aliphatic carbocycles. The molecule has 0 aliphatic heterocycles. The van der Waals surface area contributed by atoms with Gasteiger partial charge in [0.25, 0.3) is 0 Å². The van der Waals surface area contributed by atoms with Gasteiger partial charge in [0.15, 0.2) is 0 Å². The standard InChI is InChI=1S/C14H32P.C3H9O3P/c1-5-9-12-15(8-4,13-10-6-2)14-11-7-3;1-3-6-7(2,4)5/h5-14H2,1-4H3;3H2,1-2H3,(H,4,5)/q+1;/p-1. The van der Waals surface area contributed by atoms with Gasteiger partial charge in [0, 0.05) is 13.9 Å². The van der Waals surface area contributed by atoms with Gasteiger partial charge in [-0.05, 0) is 33.1 Å². The second-order valence-corrected chi connectivity index (χ2v) is 12.5. The Labute approximate surface area is 140 Å². The maximum atomic E-state index is 10.0. The summed E-state index contributed by atoms with van der Waals surface area (Å²) in [6, 6.07) is 0. The Morgan fingerprint density at radius 2 is 1.23 bits per heavy atom. The van der Waals surface area contributed by atoms with Crippen molar-refractivity contribution in [3.63, 3.8) is 0 Å². The molecule has 0 bridgehead atoms. The van der Waals surface area contributed by atoms with Crippen molar-refractivity contribution < 1.29 is 14.0 Å². The molecule has 0 aromatic carbocycles. The molecule has 0 saturated heterocycles. The summed E-state index contributed by atoms with van der Waals surface area (Å²) in [7, 11) is -3.94. The normalized spacial score (nSPS) is 14.1. The highest BCUT2D eigenvalue weighted by Crippen LogP contribution is 2.60. The van der Waals surface area contributed by atoms with Crippen LogP contribution in [0.4, 0.5) is 0 Å². The minimum atomic E-state index is -3.42. The third-order valence-electron chi connectivity index (χ3n) is 3.99. The summed E-state index contributed by atoms with van der Waals surface area (Å²) in [6.07, 6.45) is 14.9. The van der Waals surface area contributed by atoms with Gasteiger partial charge in [0.1, 0.15) is 7.60 Å². The number of hydrogen-bond donors (Lipinski definition) is 0. The van der Waals surface area contributed by atoms with Crippen LogP contribution in [0.5, 0.6) is 0 Å². The average molecular weight is 354 g/mol. The van der Waals surface area contributed by atoms with E-state index in [1.807, 2.05) is 0 Å². The molecule has 5 heteroatoms. The summed E-state index contributed by atoms with van der Waals surface area (Å²) in [4.78, 5) is 10.0. The van der Waals surface area contributed by atoms with Crippen molar-refractivity contribution >= 4 is 14.9 Å². The van der Waals surface area contributed by atoms with Crippen molar-refractivity contribution in [1.82, 2.24) is 0 Å². The monoisotopic (exact) mass is 354 g/mol. The number of rotatable bonds is 12. The van der Waals surface area contributed by atoms with Gasteiger partial charge < -0.3 is 14.0 Å². The molecule has 22 heavy (non-hydrogen) atoms. The molecular formula is C17H40O3P2. The van der Waals surface area contributed by atoms with Crippen molar-refractivity contribution in [2.24, 2.45) is 0 Å². The van der Waals surface area contributed by atoms with E-state index < -0.39 is 14.9 Å². The van der Waals surface area contributed by atoms with E-state index >= 15 is 0 Å². The second kappa shape index (κ2) is 15.1. The molecule has 0 amide bonds. The van der Waals surface area contributed by atoms with E-state index in [9.17, 15) is 9.46 Å². The number of unbranched alkanes of at least 4 members (excludes halogenated alkanes) is 3. The van der Waals surface area contributed by atoms with Crippen LogP contribution in [0.2, 0.25) is 0 Å². The maximum Gasteiger partial charge on any atom is 0.131 e. The van der Waals surface area contributed by atoms with Crippen LogP contribution in [0.3, 0.4) is 0 Å². The van der Waals surface area contributed by atoms with Gasteiger partial charge in [0.05, 0.1) is 31.3 Å². The molecule has 0 heterocycles. The second-order valence-electron chi connectivity index (χ2n) is 6.08. The van der Waals surface area contributed by atoms with Crippen molar-refractivity contribution in [3.8, 4) is 0 Å². The predicted molar refractivity (Wildman–Crippen MR) is 102 cm³/mol. The first kappa shape index (κ1) is 24.8. The summed E-state index contributed by atoms with van der Waals surface area (Å²) in [5.41, 5.74) is 0. The molecule has 3 nitrogen and oxygen atoms in total. The molecule has 0 spiro atoms. The highest BCUT2D eigenvalue weighted by Gasteiger charge is 2.32. The zero-order valence-corrected chi connectivity index (χ0v) is 17.7. The summed E-state index contributed by atoms with van der Waals surface area (Å²) in [5.74, 6) is 0. The topological polar surface area (TPSA) is 49.4 Å². The smallest absolute Gasteiger partial charge is 0.131 e. The van der Waals surface area contributed by atoms with Gasteiger partial charge >= 0.3 is 0 Å². The molecule has 0 aromatic rings. The third-order valence-corrected chi connectivity index (χ3v) is 9.86. The lowest BCUT2D eigenvalue weighted by Gasteiger charge is -2.26. The molecule has 0 aromatic heterocycles. The van der Waals surface area contributed by atoms with E-state index in [4.69, 9.17) is 0 Å². The van der Waals surface area contributed by atoms with Crippen LogP contribution in [0.25, 0.3) is 0 Å².